The van der Waals surface area contributed by atoms with Crippen molar-refractivity contribution in [3.05, 3.63) is 88.0 Å². The van der Waals surface area contributed by atoms with Crippen LogP contribution in [-0.4, -0.2) is 46.9 Å². The molecule has 3 N–H and O–H groups in total. The second kappa shape index (κ2) is 13.0. The van der Waals surface area contributed by atoms with E-state index in [0.29, 0.717) is 52.8 Å². The number of phenols is 1. The smallest absolute Gasteiger partial charge is 0.455 e. The Morgan fingerprint density at radius 1 is 0.959 bits per heavy atom. The van der Waals surface area contributed by atoms with Gasteiger partial charge in [-0.2, -0.15) is 26.3 Å². The minimum atomic E-state index is -5.19. The van der Waals surface area contributed by atoms with Gasteiger partial charge in [-0.1, -0.05) is 48.9 Å². The highest BCUT2D eigenvalue weighted by Crippen LogP contribution is 2.52. The van der Waals surface area contributed by atoms with Crippen molar-refractivity contribution in [3.8, 4) is 5.75 Å². The number of halogens is 6. The molecule has 2 amide bonds. The molecule has 2 saturated heterocycles. The number of hydrogen-bond acceptors (Lipinski definition) is 6. The molecule has 0 spiro atoms. The molecule has 7 nitrogen and oxygen atoms in total. The third kappa shape index (κ3) is 6.49. The normalized spacial score (nSPS) is 23.4. The summed E-state index contributed by atoms with van der Waals surface area (Å²) in [6.45, 7) is 1.44. The topological polar surface area (TPSA) is 107 Å². The van der Waals surface area contributed by atoms with E-state index in [0.717, 1.165) is 16.5 Å². The molecule has 6 rings (SSSR count). The first-order valence-corrected chi connectivity index (χ1v) is 15.9. The number of amides is 2. The lowest BCUT2D eigenvalue weighted by Gasteiger charge is -2.43. The number of carbonyl (C=O) groups is 2. The van der Waals surface area contributed by atoms with Gasteiger partial charge in [-0.25, -0.2) is 4.90 Å². The van der Waals surface area contributed by atoms with Crippen molar-refractivity contribution in [1.82, 2.24) is 0 Å². The third-order valence-electron chi connectivity index (χ3n) is 9.81. The quantitative estimate of drug-likeness (QED) is 0.106. The van der Waals surface area contributed by atoms with Gasteiger partial charge < -0.3 is 19.9 Å². The van der Waals surface area contributed by atoms with Crippen molar-refractivity contribution >= 4 is 41.5 Å². The number of aliphatic hydroxyl groups is 1. The van der Waals surface area contributed by atoms with Gasteiger partial charge in [0.05, 0.1) is 41.4 Å². The largest absolute Gasteiger partial charge is 0.507 e. The number of aromatic hydroxyl groups is 1. The number of hydrogen-bond donors (Lipinski definition) is 3. The number of aliphatic hydroxyl groups excluding tert-OH is 1. The number of carbonyl (C=O) groups excluding carboxylic acids is 2. The summed E-state index contributed by atoms with van der Waals surface area (Å²) in [6.07, 6.45) is -8.05. The summed E-state index contributed by atoms with van der Waals surface area (Å²) in [5.41, 5.74) is -1.39. The fourth-order valence-corrected chi connectivity index (χ4v) is 7.55. The number of anilines is 1. The van der Waals surface area contributed by atoms with Crippen LogP contribution in [0.5, 0.6) is 5.75 Å². The molecule has 14 heteroatoms. The number of nitrogens with zero attached hydrogens (tertiary/aromatic N) is 1. The van der Waals surface area contributed by atoms with Gasteiger partial charge in [0, 0.05) is 5.39 Å². The summed E-state index contributed by atoms with van der Waals surface area (Å²) >= 11 is 0. The van der Waals surface area contributed by atoms with E-state index >= 15 is 0 Å². The molecule has 2 fully saturated rings. The zero-order valence-corrected chi connectivity index (χ0v) is 26.2. The maximum Gasteiger partial charge on any atom is 0.455 e. The summed E-state index contributed by atoms with van der Waals surface area (Å²) in [5, 5.41) is 33.0. The minimum Gasteiger partial charge on any atom is -0.507 e. The van der Waals surface area contributed by atoms with Crippen LogP contribution in [0.4, 0.5) is 32.0 Å². The molecule has 2 heterocycles. The van der Waals surface area contributed by atoms with Crippen molar-refractivity contribution in [2.45, 2.75) is 57.4 Å². The fourth-order valence-electron chi connectivity index (χ4n) is 7.55. The Morgan fingerprint density at radius 3 is 2.22 bits per heavy atom. The third-order valence-corrected chi connectivity index (χ3v) is 9.81. The molecule has 258 valence electrons. The van der Waals surface area contributed by atoms with E-state index < -0.39 is 78.6 Å². The van der Waals surface area contributed by atoms with E-state index in [2.05, 4.69) is 0 Å². The Hall–Kier alpha value is -4.14. The lowest BCUT2D eigenvalue weighted by Crippen LogP contribution is -2.46. The zero-order valence-electron chi connectivity index (χ0n) is 26.2. The van der Waals surface area contributed by atoms with Gasteiger partial charge in [0.2, 0.25) is 11.8 Å². The summed E-state index contributed by atoms with van der Waals surface area (Å²) in [4.78, 5) is 27.9. The van der Waals surface area contributed by atoms with Crippen molar-refractivity contribution in [3.63, 3.8) is 0 Å². The summed E-state index contributed by atoms with van der Waals surface area (Å²) in [7, 11) is -1.38. The molecule has 3 aromatic carbocycles. The van der Waals surface area contributed by atoms with Crippen LogP contribution in [-0.2, 0) is 26.6 Å². The summed E-state index contributed by atoms with van der Waals surface area (Å²) in [5.74, 6) is -4.99. The van der Waals surface area contributed by atoms with Gasteiger partial charge in [0.25, 0.3) is 0 Å². The van der Waals surface area contributed by atoms with Crippen LogP contribution in [0.25, 0.3) is 16.8 Å². The lowest BCUT2D eigenvalue weighted by atomic mass is 9.58. The molecule has 1 aliphatic carbocycles. The van der Waals surface area contributed by atoms with Crippen molar-refractivity contribution in [2.24, 2.45) is 17.8 Å². The van der Waals surface area contributed by atoms with Crippen molar-refractivity contribution in [1.29, 1.82) is 0 Å². The van der Waals surface area contributed by atoms with Crippen molar-refractivity contribution < 1.29 is 55.8 Å². The standard InChI is InChI=1S/C35H32BF6NO6/c1-2-18(11-19-8-9-28(45)25-6-4-3-5-24(19)25)7-10-29-30-20(17-44)12-26-31(27(30)16-36(48)49-29)33(47)43(32(26)46)23-14-21(34(37,38)39)13-22(15-23)35(40,41)42/h3-6,8-9,11,13-15,26-27,29,31,44-45,48H,2,7,10,12,16-17H2,1H3/b18-11+/t26-,27+,29-,31-/m1/s1. The monoisotopic (exact) mass is 687 g/mol. The number of imide groups is 1. The van der Waals surface area contributed by atoms with E-state index in [1.54, 1.807) is 12.1 Å². The van der Waals surface area contributed by atoms with Gasteiger partial charge in [-0.15, -0.1) is 0 Å². The first-order chi connectivity index (χ1) is 23.1. The molecule has 0 saturated carbocycles. The van der Waals surface area contributed by atoms with Crippen LogP contribution >= 0.6 is 0 Å². The number of benzene rings is 3. The summed E-state index contributed by atoms with van der Waals surface area (Å²) < 4.78 is 87.7. The number of fused-ring (bicyclic) bond motifs is 4. The number of phenolic OH excluding ortho intramolecular Hbond substituents is 1. The van der Waals surface area contributed by atoms with Gasteiger partial charge >= 0.3 is 19.5 Å². The number of rotatable bonds is 7. The zero-order chi connectivity index (χ0) is 35.4. The predicted octanol–water partition coefficient (Wildman–Crippen LogP) is 7.15. The Balaban J connectivity index is 1.31. The molecule has 0 radical (unpaired) electrons. The molecule has 4 atom stereocenters. The molecule has 3 aliphatic rings. The number of allylic oxidation sites excluding steroid dienone is 1. The lowest BCUT2D eigenvalue weighted by molar-refractivity contribution is -0.143. The Morgan fingerprint density at radius 2 is 1.61 bits per heavy atom. The van der Waals surface area contributed by atoms with Crippen LogP contribution in [0.15, 0.2) is 71.3 Å². The van der Waals surface area contributed by atoms with E-state index in [1.807, 2.05) is 37.3 Å². The maximum atomic E-state index is 13.9. The second-order valence-electron chi connectivity index (χ2n) is 12.7. The van der Waals surface area contributed by atoms with E-state index in [9.17, 15) is 51.2 Å². The van der Waals surface area contributed by atoms with Crippen LogP contribution in [0, 0.1) is 17.8 Å². The van der Waals surface area contributed by atoms with Gasteiger partial charge in [-0.3, -0.25) is 9.59 Å². The molecule has 0 aromatic heterocycles. The molecule has 2 aliphatic heterocycles. The van der Waals surface area contributed by atoms with Crippen molar-refractivity contribution in [2.75, 3.05) is 11.5 Å². The predicted molar refractivity (Wildman–Crippen MR) is 169 cm³/mol. The average Bonchev–Trinajstić information content (AvgIpc) is 3.31. The maximum absolute atomic E-state index is 13.9. The Bertz CT molecular complexity index is 1840. The SMILES string of the molecule is CC/C(=C\c1ccc(O)c2ccccc12)CC[C@H]1OB(O)C[C@H]2C1=C(CO)C[C@H]1C(=O)N(c3cc(C(F)(F)F)cc(C(F)(F)F)c3)C(=O)[C@H]12. The molecule has 3 aromatic rings. The fraction of sp³-hybridized carbons (Fsp3) is 0.371. The molecular weight excluding hydrogens is 655 g/mol. The van der Waals surface area contributed by atoms with Gasteiger partial charge in [0.15, 0.2) is 0 Å². The molecule has 0 bridgehead atoms. The van der Waals surface area contributed by atoms with E-state index in [4.69, 9.17) is 4.65 Å². The van der Waals surface area contributed by atoms with Crippen LogP contribution in [0.1, 0.15) is 49.3 Å². The summed E-state index contributed by atoms with van der Waals surface area (Å²) in [6, 6.07) is 11.4. The van der Waals surface area contributed by atoms with Gasteiger partial charge in [0.1, 0.15) is 5.75 Å². The van der Waals surface area contributed by atoms with Crippen LogP contribution in [0.2, 0.25) is 6.32 Å². The highest BCUT2D eigenvalue weighted by Gasteiger charge is 2.58. The minimum absolute atomic E-state index is 0.0757. The van der Waals surface area contributed by atoms with E-state index in [-0.39, 0.29) is 24.6 Å². The highest BCUT2D eigenvalue weighted by molar-refractivity contribution is 6.43. The number of alkyl halides is 6. The van der Waals surface area contributed by atoms with Crippen LogP contribution in [0.3, 0.4) is 0 Å². The highest BCUT2D eigenvalue weighted by atomic mass is 19.4. The first kappa shape index (κ1) is 34.7. The molecule has 49 heavy (non-hydrogen) atoms. The molecule has 0 unspecified atom stereocenters. The van der Waals surface area contributed by atoms with E-state index in [1.165, 1.54) is 0 Å². The van der Waals surface area contributed by atoms with Crippen LogP contribution < -0.4 is 4.90 Å². The van der Waals surface area contributed by atoms with Gasteiger partial charge in [-0.05, 0) is 84.3 Å². The Labute approximate surface area is 277 Å². The molecular formula is C35H32BF6NO6. The Kier molecular flexibility index (Phi) is 9.18. The second-order valence-corrected chi connectivity index (χ2v) is 12.7. The average molecular weight is 687 g/mol. The first-order valence-electron chi connectivity index (χ1n) is 15.9.